The van der Waals surface area contributed by atoms with Crippen LogP contribution in [0.1, 0.15) is 16.8 Å². The van der Waals surface area contributed by atoms with Crippen molar-refractivity contribution >= 4 is 48.0 Å². The lowest BCUT2D eigenvalue weighted by atomic mass is 10.1. The third-order valence-corrected chi connectivity index (χ3v) is 3.67. The van der Waals surface area contributed by atoms with Gasteiger partial charge in [-0.3, -0.25) is 0 Å². The minimum Gasteiger partial charge on any atom is -0.436 e. The molecule has 0 bridgehead atoms. The zero-order valence-corrected chi connectivity index (χ0v) is 14.5. The summed E-state index contributed by atoms with van der Waals surface area (Å²) in [4.78, 5) is 0. The van der Waals surface area contributed by atoms with Crippen molar-refractivity contribution in [1.82, 2.24) is 10.2 Å². The van der Waals surface area contributed by atoms with Gasteiger partial charge in [-0.25, -0.2) is 0 Å². The lowest BCUT2D eigenvalue weighted by molar-refractivity contribution is 0.446. The number of nitrogens with two attached hydrogens (primary N) is 1. The van der Waals surface area contributed by atoms with E-state index < -0.39 is 0 Å². The monoisotopic (exact) mass is 369 g/mol. The number of nitrogens with zero attached hydrogens (tertiary/aromatic N) is 2. The average Bonchev–Trinajstić information content (AvgIpc) is 2.39. The van der Waals surface area contributed by atoms with E-state index in [1.807, 2.05) is 13.8 Å². The van der Waals surface area contributed by atoms with Crippen molar-refractivity contribution < 1.29 is 4.74 Å². The Hall–Kier alpha value is -0.780. The molecular weight excluding hydrogens is 356 g/mol. The molecule has 0 saturated heterocycles. The summed E-state index contributed by atoms with van der Waals surface area (Å²) < 4.78 is 5.68. The first-order valence-electron chi connectivity index (χ1n) is 5.69. The molecule has 0 fully saturated rings. The van der Waals surface area contributed by atoms with E-state index in [2.05, 4.69) is 10.2 Å². The zero-order chi connectivity index (χ0) is 14.0. The minimum absolute atomic E-state index is 0. The van der Waals surface area contributed by atoms with Crippen molar-refractivity contribution in [2.75, 3.05) is 0 Å². The van der Waals surface area contributed by atoms with Crippen molar-refractivity contribution in [3.63, 3.8) is 0 Å². The van der Waals surface area contributed by atoms with Gasteiger partial charge < -0.3 is 10.5 Å². The third-order valence-electron chi connectivity index (χ3n) is 2.87. The topological polar surface area (TPSA) is 61.0 Å². The third kappa shape index (κ3) is 4.34. The molecule has 116 valence electrons. The second-order valence-corrected chi connectivity index (χ2v) is 4.84. The predicted octanol–water partition coefficient (Wildman–Crippen LogP) is 4.49. The SMILES string of the molecule is Cc1nnc(Oc2cccc(Cl)c2Cl)c(CN)c1C.Cl.Cl. The van der Waals surface area contributed by atoms with E-state index >= 15 is 0 Å². The van der Waals surface area contributed by atoms with Gasteiger partial charge in [-0.1, -0.05) is 29.3 Å². The number of hydrogen-bond acceptors (Lipinski definition) is 4. The van der Waals surface area contributed by atoms with Crippen LogP contribution in [0, 0.1) is 13.8 Å². The van der Waals surface area contributed by atoms with E-state index in [9.17, 15) is 0 Å². The van der Waals surface area contributed by atoms with E-state index in [0.717, 1.165) is 16.8 Å². The van der Waals surface area contributed by atoms with E-state index in [0.29, 0.717) is 28.2 Å². The molecule has 0 saturated carbocycles. The van der Waals surface area contributed by atoms with Gasteiger partial charge in [-0.2, -0.15) is 5.10 Å². The van der Waals surface area contributed by atoms with Gasteiger partial charge in [0.1, 0.15) is 10.8 Å². The number of rotatable bonds is 3. The van der Waals surface area contributed by atoms with E-state index in [1.165, 1.54) is 0 Å². The van der Waals surface area contributed by atoms with E-state index in [1.54, 1.807) is 18.2 Å². The second kappa shape index (κ2) is 8.61. The molecule has 0 aliphatic heterocycles. The normalized spacial score (nSPS) is 9.57. The van der Waals surface area contributed by atoms with Crippen LogP contribution >= 0.6 is 48.0 Å². The molecule has 0 amide bonds. The van der Waals surface area contributed by atoms with Gasteiger partial charge in [0.2, 0.25) is 5.88 Å². The molecule has 1 aromatic heterocycles. The first-order valence-corrected chi connectivity index (χ1v) is 6.45. The summed E-state index contributed by atoms with van der Waals surface area (Å²) >= 11 is 12.0. The molecule has 2 rings (SSSR count). The van der Waals surface area contributed by atoms with Crippen molar-refractivity contribution in [2.45, 2.75) is 20.4 Å². The van der Waals surface area contributed by atoms with Gasteiger partial charge in [0.15, 0.2) is 0 Å². The fourth-order valence-corrected chi connectivity index (χ4v) is 1.95. The van der Waals surface area contributed by atoms with Crippen molar-refractivity contribution in [1.29, 1.82) is 0 Å². The molecule has 0 atom stereocenters. The summed E-state index contributed by atoms with van der Waals surface area (Å²) in [6.07, 6.45) is 0. The highest BCUT2D eigenvalue weighted by atomic mass is 35.5. The van der Waals surface area contributed by atoms with Crippen LogP contribution in [0.5, 0.6) is 11.6 Å². The van der Waals surface area contributed by atoms with Crippen LogP contribution in [-0.2, 0) is 6.54 Å². The maximum atomic E-state index is 6.07. The summed E-state index contributed by atoms with van der Waals surface area (Å²) in [6, 6.07) is 5.15. The molecule has 4 nitrogen and oxygen atoms in total. The van der Waals surface area contributed by atoms with Crippen molar-refractivity contribution in [3.8, 4) is 11.6 Å². The molecule has 2 N–H and O–H groups in total. The Bertz CT molecular complexity index is 623. The Kier molecular flexibility index (Phi) is 8.29. The molecule has 0 aliphatic rings. The fraction of sp³-hybridized carbons (Fsp3) is 0.231. The van der Waals surface area contributed by atoms with Gasteiger partial charge in [-0.15, -0.1) is 29.9 Å². The largest absolute Gasteiger partial charge is 0.436 e. The average molecular weight is 371 g/mol. The Morgan fingerprint density at radius 3 is 2.43 bits per heavy atom. The fourth-order valence-electron chi connectivity index (χ4n) is 1.62. The van der Waals surface area contributed by atoms with Crippen LogP contribution in [0.2, 0.25) is 10.0 Å². The molecule has 0 unspecified atom stereocenters. The smallest absolute Gasteiger partial charge is 0.243 e. The van der Waals surface area contributed by atoms with E-state index in [-0.39, 0.29) is 24.8 Å². The molecule has 0 aliphatic carbocycles. The maximum absolute atomic E-state index is 6.07. The van der Waals surface area contributed by atoms with E-state index in [4.69, 9.17) is 33.7 Å². The van der Waals surface area contributed by atoms with Crippen LogP contribution in [0.3, 0.4) is 0 Å². The van der Waals surface area contributed by atoms with Gasteiger partial charge in [0, 0.05) is 12.1 Å². The lowest BCUT2D eigenvalue weighted by Gasteiger charge is -2.13. The van der Waals surface area contributed by atoms with Crippen molar-refractivity contribution in [2.24, 2.45) is 5.73 Å². The molecule has 0 radical (unpaired) electrons. The first-order chi connectivity index (χ1) is 9.04. The standard InChI is InChI=1S/C13H13Cl2N3O.2ClH/c1-7-8(2)17-18-13(9(7)6-16)19-11-5-3-4-10(14)12(11)15;;/h3-5H,6,16H2,1-2H3;2*1H. The highest BCUT2D eigenvalue weighted by Crippen LogP contribution is 2.35. The van der Waals surface area contributed by atoms with Gasteiger partial charge in [0.25, 0.3) is 0 Å². The Balaban J connectivity index is 0.00000200. The first kappa shape index (κ1) is 20.2. The van der Waals surface area contributed by atoms with Crippen LogP contribution in [0.25, 0.3) is 0 Å². The zero-order valence-electron chi connectivity index (χ0n) is 11.4. The molecule has 0 spiro atoms. The van der Waals surface area contributed by atoms with Gasteiger partial charge in [0.05, 0.1) is 10.7 Å². The van der Waals surface area contributed by atoms with Crippen LogP contribution in [0.15, 0.2) is 18.2 Å². The quantitative estimate of drug-likeness (QED) is 0.864. The summed E-state index contributed by atoms with van der Waals surface area (Å²) in [6.45, 7) is 4.12. The Labute approximate surface area is 145 Å². The van der Waals surface area contributed by atoms with Crippen LogP contribution in [-0.4, -0.2) is 10.2 Å². The minimum atomic E-state index is 0. The highest BCUT2D eigenvalue weighted by Gasteiger charge is 2.14. The number of aromatic nitrogens is 2. The molecule has 2 aromatic rings. The molecule has 21 heavy (non-hydrogen) atoms. The Morgan fingerprint density at radius 1 is 1.14 bits per heavy atom. The van der Waals surface area contributed by atoms with Crippen LogP contribution < -0.4 is 10.5 Å². The Morgan fingerprint density at radius 2 is 1.81 bits per heavy atom. The number of hydrogen-bond donors (Lipinski definition) is 1. The number of halogens is 4. The van der Waals surface area contributed by atoms with Gasteiger partial charge in [-0.05, 0) is 31.5 Å². The second-order valence-electron chi connectivity index (χ2n) is 4.05. The molecule has 8 heteroatoms. The number of ether oxygens (including phenoxy) is 1. The molecular formula is C13H15Cl4N3O. The van der Waals surface area contributed by atoms with Gasteiger partial charge >= 0.3 is 0 Å². The van der Waals surface area contributed by atoms with Crippen LogP contribution in [0.4, 0.5) is 0 Å². The number of benzene rings is 1. The highest BCUT2D eigenvalue weighted by molar-refractivity contribution is 6.42. The predicted molar refractivity (Wildman–Crippen MR) is 90.4 cm³/mol. The molecule has 1 heterocycles. The maximum Gasteiger partial charge on any atom is 0.243 e. The summed E-state index contributed by atoms with van der Waals surface area (Å²) in [5, 5.41) is 8.81. The van der Waals surface area contributed by atoms with Crippen molar-refractivity contribution in [3.05, 3.63) is 45.1 Å². The summed E-state index contributed by atoms with van der Waals surface area (Å²) in [5.74, 6) is 0.788. The molecule has 1 aromatic carbocycles. The summed E-state index contributed by atoms with van der Waals surface area (Å²) in [7, 11) is 0. The number of aryl methyl sites for hydroxylation is 1. The summed E-state index contributed by atoms with van der Waals surface area (Å²) in [5.41, 5.74) is 8.33. The lowest BCUT2D eigenvalue weighted by Crippen LogP contribution is -2.07.